The van der Waals surface area contributed by atoms with Crippen LogP contribution in [0, 0.1) is 0 Å². The van der Waals surface area contributed by atoms with Gasteiger partial charge in [-0.1, -0.05) is 93.6 Å². The topological polar surface area (TPSA) is 72.5 Å². The first-order valence-corrected chi connectivity index (χ1v) is 12.1. The molecule has 0 unspecified atom stereocenters. The normalized spacial score (nSPS) is 13.5. The molecule has 0 aromatic heterocycles. The summed E-state index contributed by atoms with van der Waals surface area (Å²) in [6.07, 6.45) is 5.40. The van der Waals surface area contributed by atoms with Crippen molar-refractivity contribution < 1.29 is 14.3 Å². The Balaban J connectivity index is 2.25. The fraction of sp³-hybridized carbons (Fsp3) is 0.375. The third kappa shape index (κ3) is 6.13. The molecular weight excluding hydrogens is 378 g/mol. The lowest BCUT2D eigenvalue weighted by molar-refractivity contribution is -0.137. The molecular formula is C24H33NO3Si. The molecule has 0 saturated heterocycles. The molecule has 2 aromatic carbocycles. The summed E-state index contributed by atoms with van der Waals surface area (Å²) in [5, 5.41) is 11.1. The van der Waals surface area contributed by atoms with Gasteiger partial charge in [0.2, 0.25) is 0 Å². The molecule has 0 spiro atoms. The molecule has 0 saturated carbocycles. The van der Waals surface area contributed by atoms with E-state index < -0.39 is 14.3 Å². The van der Waals surface area contributed by atoms with Crippen molar-refractivity contribution in [2.45, 2.75) is 51.1 Å². The first kappa shape index (κ1) is 23.1. The largest absolute Gasteiger partial charge is 0.481 e. The minimum atomic E-state index is -2.57. The lowest BCUT2D eigenvalue weighted by Gasteiger charge is -2.43. The van der Waals surface area contributed by atoms with E-state index in [1.54, 1.807) is 0 Å². The lowest BCUT2D eigenvalue weighted by atomic mass is 10.2. The van der Waals surface area contributed by atoms with Crippen LogP contribution in [0.1, 0.15) is 40.0 Å². The summed E-state index contributed by atoms with van der Waals surface area (Å²) in [7, 11) is -2.57. The molecule has 4 nitrogen and oxygen atoms in total. The maximum Gasteiger partial charge on any atom is 0.303 e. The van der Waals surface area contributed by atoms with E-state index in [-0.39, 0.29) is 17.5 Å². The van der Waals surface area contributed by atoms with Gasteiger partial charge in [0.05, 0.1) is 6.61 Å². The van der Waals surface area contributed by atoms with Crippen LogP contribution < -0.4 is 16.1 Å². The van der Waals surface area contributed by atoms with Gasteiger partial charge < -0.3 is 15.3 Å². The van der Waals surface area contributed by atoms with Crippen molar-refractivity contribution in [2.75, 3.05) is 6.61 Å². The highest BCUT2D eigenvalue weighted by Gasteiger charge is 2.50. The zero-order chi connectivity index (χ0) is 21.3. The van der Waals surface area contributed by atoms with E-state index in [1.807, 2.05) is 24.3 Å². The van der Waals surface area contributed by atoms with Crippen molar-refractivity contribution >= 4 is 24.7 Å². The van der Waals surface area contributed by atoms with Crippen LogP contribution in [0.5, 0.6) is 0 Å². The number of hydrogen-bond acceptors (Lipinski definition) is 3. The summed E-state index contributed by atoms with van der Waals surface area (Å²) < 4.78 is 6.79. The van der Waals surface area contributed by atoms with Crippen molar-refractivity contribution in [2.24, 2.45) is 5.73 Å². The summed E-state index contributed by atoms with van der Waals surface area (Å²) in [5.74, 6) is -0.766. The molecule has 1 atom stereocenters. The molecule has 0 fully saturated rings. The fourth-order valence-corrected chi connectivity index (χ4v) is 8.28. The van der Waals surface area contributed by atoms with Gasteiger partial charge in [-0.3, -0.25) is 4.79 Å². The summed E-state index contributed by atoms with van der Waals surface area (Å²) in [6, 6.07) is 20.7. The smallest absolute Gasteiger partial charge is 0.303 e. The zero-order valence-corrected chi connectivity index (χ0v) is 18.7. The van der Waals surface area contributed by atoms with Gasteiger partial charge in [-0.25, -0.2) is 0 Å². The van der Waals surface area contributed by atoms with Gasteiger partial charge in [-0.2, -0.15) is 0 Å². The number of hydrogen-bond donors (Lipinski definition) is 2. The molecule has 0 bridgehead atoms. The Morgan fingerprint density at radius 2 is 1.59 bits per heavy atom. The SMILES string of the molecule is CC(C)(C)[Si](OC[C@H](N)/C=C/CCCC(=O)O)(c1ccccc1)c1ccccc1. The van der Waals surface area contributed by atoms with Gasteiger partial charge in [-0.05, 0) is 28.3 Å². The summed E-state index contributed by atoms with van der Waals surface area (Å²) in [5.41, 5.74) is 6.32. The molecule has 5 heteroatoms. The van der Waals surface area contributed by atoms with Crippen LogP contribution in [0.4, 0.5) is 0 Å². The Morgan fingerprint density at radius 3 is 2.03 bits per heavy atom. The molecule has 0 aliphatic carbocycles. The number of aliphatic carboxylic acids is 1. The highest BCUT2D eigenvalue weighted by molar-refractivity contribution is 6.99. The maximum absolute atomic E-state index is 10.6. The fourth-order valence-electron chi connectivity index (χ4n) is 3.68. The van der Waals surface area contributed by atoms with Gasteiger partial charge in [0, 0.05) is 12.5 Å². The first-order valence-electron chi connectivity index (χ1n) is 10.2. The van der Waals surface area contributed by atoms with Crippen molar-refractivity contribution in [3.05, 3.63) is 72.8 Å². The van der Waals surface area contributed by atoms with E-state index in [1.165, 1.54) is 10.4 Å². The Hall–Kier alpha value is -2.21. The molecule has 0 amide bonds. The Morgan fingerprint density at radius 1 is 1.07 bits per heavy atom. The Labute approximate surface area is 175 Å². The van der Waals surface area contributed by atoms with Crippen molar-refractivity contribution in [1.82, 2.24) is 0 Å². The minimum absolute atomic E-state index is 0.0827. The van der Waals surface area contributed by atoms with E-state index in [9.17, 15) is 4.79 Å². The number of carbonyl (C=O) groups is 1. The van der Waals surface area contributed by atoms with Crippen LogP contribution in [0.15, 0.2) is 72.8 Å². The van der Waals surface area contributed by atoms with Gasteiger partial charge in [-0.15, -0.1) is 0 Å². The molecule has 0 radical (unpaired) electrons. The number of carboxylic acids is 1. The van der Waals surface area contributed by atoms with Crippen LogP contribution in [-0.2, 0) is 9.22 Å². The van der Waals surface area contributed by atoms with Crippen LogP contribution >= 0.6 is 0 Å². The third-order valence-corrected chi connectivity index (χ3v) is 10.1. The quantitative estimate of drug-likeness (QED) is 0.355. The lowest BCUT2D eigenvalue weighted by Crippen LogP contribution is -2.67. The van der Waals surface area contributed by atoms with Gasteiger partial charge in [0.15, 0.2) is 0 Å². The van der Waals surface area contributed by atoms with E-state index >= 15 is 0 Å². The molecule has 156 valence electrons. The standard InChI is InChI=1S/C24H33NO3Si/c1-24(2,3)29(21-14-8-5-9-15-21,22-16-10-6-11-17-22)28-19-20(25)13-7-4-12-18-23(26)27/h5-11,13-17,20H,4,12,18-19,25H2,1-3H3,(H,26,27)/b13-7+/t20-/m1/s1. The van der Waals surface area contributed by atoms with Crippen molar-refractivity contribution in [3.8, 4) is 0 Å². The van der Waals surface area contributed by atoms with E-state index in [0.717, 1.165) is 0 Å². The van der Waals surface area contributed by atoms with Crippen LogP contribution in [-0.4, -0.2) is 32.0 Å². The van der Waals surface area contributed by atoms with Gasteiger partial charge in [0.25, 0.3) is 8.32 Å². The number of benzene rings is 2. The molecule has 3 N–H and O–H groups in total. The zero-order valence-electron chi connectivity index (χ0n) is 17.7. The average Bonchev–Trinajstić information content (AvgIpc) is 2.68. The Kier molecular flexibility index (Phi) is 8.38. The van der Waals surface area contributed by atoms with Crippen molar-refractivity contribution in [3.63, 3.8) is 0 Å². The number of rotatable bonds is 10. The van der Waals surface area contributed by atoms with Crippen LogP contribution in [0.25, 0.3) is 0 Å². The molecule has 0 aliphatic rings. The number of allylic oxidation sites excluding steroid dienone is 1. The highest BCUT2D eigenvalue weighted by Crippen LogP contribution is 2.36. The third-order valence-electron chi connectivity index (χ3n) is 5.05. The second-order valence-electron chi connectivity index (χ2n) is 8.35. The summed E-state index contributed by atoms with van der Waals surface area (Å²) in [4.78, 5) is 10.6. The predicted molar refractivity (Wildman–Crippen MR) is 122 cm³/mol. The molecule has 0 heterocycles. The van der Waals surface area contributed by atoms with Crippen molar-refractivity contribution in [1.29, 1.82) is 0 Å². The van der Waals surface area contributed by atoms with Gasteiger partial charge in [0.1, 0.15) is 0 Å². The maximum atomic E-state index is 10.6. The average molecular weight is 412 g/mol. The molecule has 2 rings (SSSR count). The Bertz CT molecular complexity index is 745. The summed E-state index contributed by atoms with van der Waals surface area (Å²) >= 11 is 0. The van der Waals surface area contributed by atoms with E-state index in [0.29, 0.717) is 19.4 Å². The van der Waals surface area contributed by atoms with Gasteiger partial charge >= 0.3 is 5.97 Å². The minimum Gasteiger partial charge on any atom is -0.481 e. The molecule has 29 heavy (non-hydrogen) atoms. The number of nitrogens with two attached hydrogens (primary N) is 1. The monoisotopic (exact) mass is 411 g/mol. The second-order valence-corrected chi connectivity index (χ2v) is 12.7. The highest BCUT2D eigenvalue weighted by atomic mass is 28.4. The molecule has 2 aromatic rings. The second kappa shape index (κ2) is 10.5. The number of unbranched alkanes of at least 4 members (excludes halogenated alkanes) is 1. The van der Waals surface area contributed by atoms with Crippen LogP contribution in [0.2, 0.25) is 5.04 Å². The van der Waals surface area contributed by atoms with Crippen LogP contribution in [0.3, 0.4) is 0 Å². The van der Waals surface area contributed by atoms with E-state index in [4.69, 9.17) is 15.3 Å². The summed E-state index contributed by atoms with van der Waals surface area (Å²) in [6.45, 7) is 7.15. The first-order chi connectivity index (χ1) is 13.8. The predicted octanol–water partition coefficient (Wildman–Crippen LogP) is 3.70. The molecule has 0 aliphatic heterocycles. The van der Waals surface area contributed by atoms with E-state index in [2.05, 4.69) is 69.3 Å². The number of carboxylic acid groups (broad SMARTS) is 1.